The number of carbonyl (C=O) groups excluding carboxylic acids is 1. The number of hydrogen-bond acceptors (Lipinski definition) is 4. The molecule has 1 aliphatic carbocycles. The monoisotopic (exact) mass is 413 g/mol. The molecule has 0 fully saturated rings. The van der Waals surface area contributed by atoms with Gasteiger partial charge in [-0.05, 0) is 57.1 Å². The number of fused-ring (bicyclic) bond motifs is 1. The number of para-hydroxylation sites is 1. The molecule has 1 aromatic heterocycles. The minimum Gasteiger partial charge on any atom is -0.353 e. The summed E-state index contributed by atoms with van der Waals surface area (Å²) >= 11 is 1.34. The SMILES string of the molecule is CC(C)[C@@H](C)NC(=O)CSc1nc2ccccc2c(=O)n1CCC1=CCCCC1. The van der Waals surface area contributed by atoms with E-state index in [0.717, 1.165) is 19.3 Å². The fourth-order valence-electron chi connectivity index (χ4n) is 3.43. The van der Waals surface area contributed by atoms with Gasteiger partial charge >= 0.3 is 0 Å². The first-order valence-electron chi connectivity index (χ1n) is 10.6. The number of rotatable bonds is 8. The maximum Gasteiger partial charge on any atom is 0.262 e. The van der Waals surface area contributed by atoms with Crippen molar-refractivity contribution in [3.8, 4) is 0 Å². The lowest BCUT2D eigenvalue weighted by atomic mass is 9.97. The minimum absolute atomic E-state index is 0.0227. The summed E-state index contributed by atoms with van der Waals surface area (Å²) in [6, 6.07) is 7.56. The van der Waals surface area contributed by atoms with Crippen LogP contribution < -0.4 is 10.9 Å². The van der Waals surface area contributed by atoms with Gasteiger partial charge in [-0.1, -0.05) is 49.4 Å². The van der Waals surface area contributed by atoms with Gasteiger partial charge in [0.1, 0.15) is 0 Å². The molecule has 6 heteroatoms. The second-order valence-electron chi connectivity index (χ2n) is 8.12. The van der Waals surface area contributed by atoms with Crippen LogP contribution in [0.1, 0.15) is 52.9 Å². The molecule has 1 amide bonds. The number of amides is 1. The van der Waals surface area contributed by atoms with Crippen molar-refractivity contribution in [1.29, 1.82) is 0 Å². The predicted octanol–water partition coefficient (Wildman–Crippen LogP) is 4.54. The van der Waals surface area contributed by atoms with E-state index in [1.165, 1.54) is 30.2 Å². The van der Waals surface area contributed by atoms with Crippen LogP contribution in [0.5, 0.6) is 0 Å². The van der Waals surface area contributed by atoms with E-state index in [-0.39, 0.29) is 23.3 Å². The first kappa shape index (κ1) is 21.6. The molecule has 1 aromatic carbocycles. The van der Waals surface area contributed by atoms with E-state index in [1.54, 1.807) is 4.57 Å². The Balaban J connectivity index is 1.81. The van der Waals surface area contributed by atoms with Crippen molar-refractivity contribution in [1.82, 2.24) is 14.9 Å². The fraction of sp³-hybridized carbons (Fsp3) is 0.522. The molecule has 0 saturated heterocycles. The maximum atomic E-state index is 13.1. The number of allylic oxidation sites excluding steroid dienone is 2. The van der Waals surface area contributed by atoms with Crippen LogP contribution >= 0.6 is 11.8 Å². The van der Waals surface area contributed by atoms with Crippen molar-refractivity contribution in [2.75, 3.05) is 5.75 Å². The van der Waals surface area contributed by atoms with Gasteiger partial charge in [0.15, 0.2) is 5.16 Å². The first-order valence-corrected chi connectivity index (χ1v) is 11.5. The van der Waals surface area contributed by atoms with Gasteiger partial charge in [0.25, 0.3) is 5.56 Å². The zero-order valence-electron chi connectivity index (χ0n) is 17.6. The highest BCUT2D eigenvalue weighted by atomic mass is 32.2. The van der Waals surface area contributed by atoms with Crippen molar-refractivity contribution in [3.63, 3.8) is 0 Å². The maximum absolute atomic E-state index is 13.1. The normalized spacial score (nSPS) is 15.4. The third-order valence-electron chi connectivity index (χ3n) is 5.59. The van der Waals surface area contributed by atoms with E-state index in [9.17, 15) is 9.59 Å². The third kappa shape index (κ3) is 5.72. The molecule has 0 aliphatic heterocycles. The smallest absolute Gasteiger partial charge is 0.262 e. The Bertz CT molecular complexity index is 949. The van der Waals surface area contributed by atoms with Gasteiger partial charge in [0.2, 0.25) is 5.91 Å². The highest BCUT2D eigenvalue weighted by Gasteiger charge is 2.16. The largest absolute Gasteiger partial charge is 0.353 e. The van der Waals surface area contributed by atoms with Crippen molar-refractivity contribution in [2.24, 2.45) is 5.92 Å². The minimum atomic E-state index is -0.0276. The van der Waals surface area contributed by atoms with Crippen LogP contribution in [-0.4, -0.2) is 27.3 Å². The Labute approximate surface area is 177 Å². The molecule has 5 nitrogen and oxygen atoms in total. The first-order chi connectivity index (χ1) is 14.0. The van der Waals surface area contributed by atoms with Crippen LogP contribution in [0.4, 0.5) is 0 Å². The van der Waals surface area contributed by atoms with Gasteiger partial charge in [-0.15, -0.1) is 0 Å². The Morgan fingerprint density at radius 2 is 2.03 bits per heavy atom. The predicted molar refractivity (Wildman–Crippen MR) is 120 cm³/mol. The summed E-state index contributed by atoms with van der Waals surface area (Å²) in [5.41, 5.74) is 2.09. The van der Waals surface area contributed by atoms with E-state index >= 15 is 0 Å². The Kier molecular flexibility index (Phi) is 7.53. The molecule has 1 heterocycles. The van der Waals surface area contributed by atoms with Gasteiger partial charge in [-0.3, -0.25) is 14.2 Å². The van der Waals surface area contributed by atoms with E-state index < -0.39 is 0 Å². The molecule has 2 aromatic rings. The fourth-order valence-corrected chi connectivity index (χ4v) is 4.27. The quantitative estimate of drug-likeness (QED) is 0.392. The molecule has 1 atom stereocenters. The number of aromatic nitrogens is 2. The van der Waals surface area contributed by atoms with Gasteiger partial charge in [-0.25, -0.2) is 4.98 Å². The Morgan fingerprint density at radius 3 is 2.76 bits per heavy atom. The number of thioether (sulfide) groups is 1. The summed E-state index contributed by atoms with van der Waals surface area (Å²) in [5, 5.41) is 4.27. The summed E-state index contributed by atoms with van der Waals surface area (Å²) in [5.74, 6) is 0.606. The average molecular weight is 414 g/mol. The van der Waals surface area contributed by atoms with Gasteiger partial charge in [0, 0.05) is 12.6 Å². The summed E-state index contributed by atoms with van der Waals surface area (Å²) in [6.45, 7) is 6.78. The zero-order chi connectivity index (χ0) is 20.8. The molecule has 156 valence electrons. The Hall–Kier alpha value is -2.08. The van der Waals surface area contributed by atoms with Crippen molar-refractivity contribution < 1.29 is 4.79 Å². The molecule has 0 unspecified atom stereocenters. The van der Waals surface area contributed by atoms with E-state index in [2.05, 4.69) is 25.2 Å². The lowest BCUT2D eigenvalue weighted by molar-refractivity contribution is -0.119. The molecular formula is C23H31N3O2S. The van der Waals surface area contributed by atoms with E-state index in [0.29, 0.717) is 28.5 Å². The average Bonchev–Trinajstić information content (AvgIpc) is 2.72. The molecular weight excluding hydrogens is 382 g/mol. The Morgan fingerprint density at radius 1 is 1.24 bits per heavy atom. The summed E-state index contributed by atoms with van der Waals surface area (Å²) in [7, 11) is 0. The molecule has 1 aliphatic rings. The molecule has 0 saturated carbocycles. The standard InChI is InChI=1S/C23H31N3O2S/c1-16(2)17(3)24-21(27)15-29-23-25-20-12-8-7-11-19(20)22(28)26(23)14-13-18-9-5-4-6-10-18/h7-9,11-12,16-17H,4-6,10,13-15H2,1-3H3,(H,24,27)/t17-/m1/s1. The van der Waals surface area contributed by atoms with Crippen molar-refractivity contribution >= 4 is 28.6 Å². The molecule has 1 N–H and O–H groups in total. The van der Waals surface area contributed by atoms with Crippen molar-refractivity contribution in [3.05, 3.63) is 46.3 Å². The van der Waals surface area contributed by atoms with E-state index in [1.807, 2.05) is 31.2 Å². The zero-order valence-corrected chi connectivity index (χ0v) is 18.4. The number of nitrogens with zero attached hydrogens (tertiary/aromatic N) is 2. The van der Waals surface area contributed by atoms with Crippen molar-refractivity contribution in [2.45, 2.75) is 70.6 Å². The highest BCUT2D eigenvalue weighted by Crippen LogP contribution is 2.23. The van der Waals surface area contributed by atoms with Gasteiger partial charge < -0.3 is 5.32 Å². The van der Waals surface area contributed by atoms with Crippen LogP contribution in [0.3, 0.4) is 0 Å². The second-order valence-corrected chi connectivity index (χ2v) is 9.06. The van der Waals surface area contributed by atoms with Crippen LogP contribution in [0.15, 0.2) is 45.9 Å². The third-order valence-corrected chi connectivity index (χ3v) is 6.57. The number of hydrogen-bond donors (Lipinski definition) is 1. The number of benzene rings is 1. The molecule has 0 bridgehead atoms. The molecule has 3 rings (SSSR count). The molecule has 0 spiro atoms. The van der Waals surface area contributed by atoms with Crippen LogP contribution in [-0.2, 0) is 11.3 Å². The number of carbonyl (C=O) groups is 1. The highest BCUT2D eigenvalue weighted by molar-refractivity contribution is 7.99. The van der Waals surface area contributed by atoms with Crippen LogP contribution in [0, 0.1) is 5.92 Å². The summed E-state index contributed by atoms with van der Waals surface area (Å²) < 4.78 is 1.75. The lowest BCUT2D eigenvalue weighted by Crippen LogP contribution is -2.37. The van der Waals surface area contributed by atoms with Crippen LogP contribution in [0.2, 0.25) is 0 Å². The summed E-state index contributed by atoms with van der Waals surface area (Å²) in [6.07, 6.45) is 7.92. The van der Waals surface area contributed by atoms with E-state index in [4.69, 9.17) is 4.98 Å². The van der Waals surface area contributed by atoms with Crippen LogP contribution in [0.25, 0.3) is 10.9 Å². The number of nitrogens with one attached hydrogen (secondary N) is 1. The topological polar surface area (TPSA) is 64.0 Å². The second kappa shape index (κ2) is 10.1. The molecule has 29 heavy (non-hydrogen) atoms. The molecule has 0 radical (unpaired) electrons. The lowest BCUT2D eigenvalue weighted by Gasteiger charge is -2.18. The van der Waals surface area contributed by atoms with Gasteiger partial charge in [0.05, 0.1) is 16.7 Å². The van der Waals surface area contributed by atoms with Gasteiger partial charge in [-0.2, -0.15) is 0 Å². The summed E-state index contributed by atoms with van der Waals surface area (Å²) in [4.78, 5) is 30.2.